The summed E-state index contributed by atoms with van der Waals surface area (Å²) in [7, 11) is 0. The van der Waals surface area contributed by atoms with Gasteiger partial charge in [-0.2, -0.15) is 0 Å². The summed E-state index contributed by atoms with van der Waals surface area (Å²) in [5.41, 5.74) is 8.90. The molecule has 0 aromatic heterocycles. The maximum atomic E-state index is 6.66. The molecule has 0 saturated heterocycles. The molecule has 1 fully saturated rings. The Labute approximate surface area is 115 Å². The van der Waals surface area contributed by atoms with Gasteiger partial charge in [-0.25, -0.2) is 0 Å². The van der Waals surface area contributed by atoms with Crippen molar-refractivity contribution in [1.29, 1.82) is 0 Å². The molecule has 2 N–H and O–H groups in total. The van der Waals surface area contributed by atoms with Crippen molar-refractivity contribution in [3.05, 3.63) is 23.3 Å². The smallest absolute Gasteiger partial charge is 0.164 e. The minimum Gasteiger partial charge on any atom is -0.490 e. The largest absolute Gasteiger partial charge is 0.490 e. The molecule has 0 bridgehead atoms. The van der Waals surface area contributed by atoms with E-state index in [2.05, 4.69) is 13.0 Å². The normalized spacial score (nSPS) is 21.8. The highest BCUT2D eigenvalue weighted by Gasteiger charge is 2.32. The van der Waals surface area contributed by atoms with Gasteiger partial charge in [0.2, 0.25) is 0 Å². The number of hydrogen-bond donors (Lipinski definition) is 1. The summed E-state index contributed by atoms with van der Waals surface area (Å²) in [6.07, 6.45) is 6.86. The molecule has 3 nitrogen and oxygen atoms in total. The molecule has 1 heterocycles. The molecule has 2 aliphatic rings. The lowest BCUT2D eigenvalue weighted by atomic mass is 9.76. The summed E-state index contributed by atoms with van der Waals surface area (Å²) in [5.74, 6) is 1.78. The van der Waals surface area contributed by atoms with Crippen molar-refractivity contribution in [3.63, 3.8) is 0 Å². The van der Waals surface area contributed by atoms with Crippen LogP contribution in [0.1, 0.15) is 49.7 Å². The van der Waals surface area contributed by atoms with E-state index in [1.165, 1.54) is 30.4 Å². The highest BCUT2D eigenvalue weighted by molar-refractivity contribution is 5.52. The average Bonchev–Trinajstić information content (AvgIpc) is 2.65. The Morgan fingerprint density at radius 3 is 2.53 bits per heavy atom. The molecule has 104 valence electrons. The number of benzene rings is 1. The zero-order valence-electron chi connectivity index (χ0n) is 11.7. The Kier molecular flexibility index (Phi) is 3.40. The van der Waals surface area contributed by atoms with Crippen LogP contribution >= 0.6 is 0 Å². The van der Waals surface area contributed by atoms with E-state index in [-0.39, 0.29) is 5.54 Å². The average molecular weight is 261 g/mol. The minimum absolute atomic E-state index is 0.174. The molecule has 3 rings (SSSR count). The van der Waals surface area contributed by atoms with E-state index in [0.717, 1.165) is 44.0 Å². The summed E-state index contributed by atoms with van der Waals surface area (Å²) < 4.78 is 11.6. The first kappa shape index (κ1) is 12.8. The van der Waals surface area contributed by atoms with Gasteiger partial charge in [0, 0.05) is 12.0 Å². The predicted molar refractivity (Wildman–Crippen MR) is 75.7 cm³/mol. The highest BCUT2D eigenvalue weighted by atomic mass is 16.5. The Morgan fingerprint density at radius 1 is 1.00 bits per heavy atom. The van der Waals surface area contributed by atoms with Crippen LogP contribution in [-0.4, -0.2) is 13.2 Å². The standard InChI is InChI=1S/C16H23NO2/c1-12-13(16(17)8-3-2-4-9-16)6-7-14-15(12)19-11-5-10-18-14/h6-7H,2-5,8-11,17H2,1H3. The molecule has 1 saturated carbocycles. The molecule has 0 atom stereocenters. The quantitative estimate of drug-likeness (QED) is 0.843. The Morgan fingerprint density at radius 2 is 1.74 bits per heavy atom. The van der Waals surface area contributed by atoms with Crippen LogP contribution in [0, 0.1) is 6.92 Å². The fourth-order valence-electron chi connectivity index (χ4n) is 3.37. The molecule has 19 heavy (non-hydrogen) atoms. The minimum atomic E-state index is -0.174. The maximum Gasteiger partial charge on any atom is 0.164 e. The number of hydrogen-bond acceptors (Lipinski definition) is 3. The summed E-state index contributed by atoms with van der Waals surface area (Å²) >= 11 is 0. The van der Waals surface area contributed by atoms with Crippen molar-refractivity contribution in [2.24, 2.45) is 5.73 Å². The van der Waals surface area contributed by atoms with Crippen LogP contribution in [0.3, 0.4) is 0 Å². The molecule has 3 heteroatoms. The van der Waals surface area contributed by atoms with Crippen molar-refractivity contribution in [3.8, 4) is 11.5 Å². The zero-order chi connectivity index (χ0) is 13.3. The highest BCUT2D eigenvalue weighted by Crippen LogP contribution is 2.42. The van der Waals surface area contributed by atoms with Gasteiger partial charge in [0.1, 0.15) is 0 Å². The second-order valence-electron chi connectivity index (χ2n) is 5.83. The van der Waals surface area contributed by atoms with Crippen LogP contribution in [0.15, 0.2) is 12.1 Å². The van der Waals surface area contributed by atoms with Crippen LogP contribution in [0.4, 0.5) is 0 Å². The fraction of sp³-hybridized carbons (Fsp3) is 0.625. The lowest BCUT2D eigenvalue weighted by molar-refractivity contribution is 0.291. The summed E-state index contributed by atoms with van der Waals surface area (Å²) in [6.45, 7) is 3.58. The van der Waals surface area contributed by atoms with Crippen molar-refractivity contribution in [2.45, 2.75) is 51.0 Å². The van der Waals surface area contributed by atoms with Crippen LogP contribution in [0.2, 0.25) is 0 Å². The van der Waals surface area contributed by atoms with E-state index in [1.807, 2.05) is 6.07 Å². The van der Waals surface area contributed by atoms with E-state index < -0.39 is 0 Å². The molecule has 1 aliphatic heterocycles. The number of rotatable bonds is 1. The molecular formula is C16H23NO2. The van der Waals surface area contributed by atoms with Crippen molar-refractivity contribution in [2.75, 3.05) is 13.2 Å². The number of ether oxygens (including phenoxy) is 2. The first-order valence-electron chi connectivity index (χ1n) is 7.39. The number of nitrogens with two attached hydrogens (primary N) is 1. The molecule has 0 spiro atoms. The molecule has 1 aromatic carbocycles. The maximum absolute atomic E-state index is 6.66. The topological polar surface area (TPSA) is 44.5 Å². The van der Waals surface area contributed by atoms with Gasteiger partial charge in [-0.3, -0.25) is 0 Å². The molecular weight excluding hydrogens is 238 g/mol. The Balaban J connectivity index is 2.00. The molecule has 0 amide bonds. The number of fused-ring (bicyclic) bond motifs is 1. The third kappa shape index (κ3) is 2.32. The van der Waals surface area contributed by atoms with Gasteiger partial charge in [0.25, 0.3) is 0 Å². The van der Waals surface area contributed by atoms with Crippen molar-refractivity contribution < 1.29 is 9.47 Å². The van der Waals surface area contributed by atoms with E-state index >= 15 is 0 Å². The van der Waals surface area contributed by atoms with Gasteiger partial charge in [-0.1, -0.05) is 25.3 Å². The van der Waals surface area contributed by atoms with Gasteiger partial charge in [-0.15, -0.1) is 0 Å². The van der Waals surface area contributed by atoms with Crippen LogP contribution in [-0.2, 0) is 5.54 Å². The van der Waals surface area contributed by atoms with E-state index in [4.69, 9.17) is 15.2 Å². The van der Waals surface area contributed by atoms with Crippen LogP contribution in [0.5, 0.6) is 11.5 Å². The molecule has 1 aromatic rings. The first-order chi connectivity index (χ1) is 9.21. The van der Waals surface area contributed by atoms with Gasteiger partial charge in [0.15, 0.2) is 11.5 Å². The van der Waals surface area contributed by atoms with E-state index in [0.29, 0.717) is 0 Å². The third-order valence-electron chi connectivity index (χ3n) is 4.44. The third-order valence-corrected chi connectivity index (χ3v) is 4.44. The van der Waals surface area contributed by atoms with Gasteiger partial charge in [0.05, 0.1) is 13.2 Å². The Bertz CT molecular complexity index is 464. The molecule has 1 aliphatic carbocycles. The lowest BCUT2D eigenvalue weighted by Gasteiger charge is -2.35. The summed E-state index contributed by atoms with van der Waals surface area (Å²) in [4.78, 5) is 0. The molecule has 0 radical (unpaired) electrons. The van der Waals surface area contributed by atoms with Crippen LogP contribution in [0.25, 0.3) is 0 Å². The van der Waals surface area contributed by atoms with Crippen molar-refractivity contribution in [1.82, 2.24) is 0 Å². The molecule has 0 unspecified atom stereocenters. The first-order valence-corrected chi connectivity index (χ1v) is 7.39. The van der Waals surface area contributed by atoms with Gasteiger partial charge in [-0.05, 0) is 37.0 Å². The fourth-order valence-corrected chi connectivity index (χ4v) is 3.37. The SMILES string of the molecule is Cc1c(C2(N)CCCCC2)ccc2c1OCCCO2. The predicted octanol–water partition coefficient (Wildman–Crippen LogP) is 3.27. The van der Waals surface area contributed by atoms with E-state index in [9.17, 15) is 0 Å². The summed E-state index contributed by atoms with van der Waals surface area (Å²) in [6, 6.07) is 4.18. The van der Waals surface area contributed by atoms with Crippen molar-refractivity contribution >= 4 is 0 Å². The lowest BCUT2D eigenvalue weighted by Crippen LogP contribution is -2.39. The zero-order valence-corrected chi connectivity index (χ0v) is 11.7. The monoisotopic (exact) mass is 261 g/mol. The van der Waals surface area contributed by atoms with E-state index in [1.54, 1.807) is 0 Å². The second-order valence-corrected chi connectivity index (χ2v) is 5.83. The second kappa shape index (κ2) is 5.04. The summed E-state index contributed by atoms with van der Waals surface area (Å²) in [5, 5.41) is 0. The Hall–Kier alpha value is -1.22. The van der Waals surface area contributed by atoms with Crippen LogP contribution < -0.4 is 15.2 Å². The van der Waals surface area contributed by atoms with Gasteiger partial charge >= 0.3 is 0 Å². The van der Waals surface area contributed by atoms with Gasteiger partial charge < -0.3 is 15.2 Å².